The van der Waals surface area contributed by atoms with Gasteiger partial charge in [0.2, 0.25) is 0 Å². The Balaban J connectivity index is 2.00. The van der Waals surface area contributed by atoms with Gasteiger partial charge in [-0.15, -0.1) is 0 Å². The van der Waals surface area contributed by atoms with Gasteiger partial charge in [-0.2, -0.15) is 0 Å². The quantitative estimate of drug-likeness (QED) is 0.862. The van der Waals surface area contributed by atoms with Crippen molar-refractivity contribution in [3.8, 4) is 5.75 Å². The molecule has 2 heteroatoms. The molecule has 0 amide bonds. The molecular formula is C15H23NO. The predicted octanol–water partition coefficient (Wildman–Crippen LogP) is 3.23. The van der Waals surface area contributed by atoms with Crippen molar-refractivity contribution in [1.82, 2.24) is 5.32 Å². The van der Waals surface area contributed by atoms with Crippen LogP contribution in [0.3, 0.4) is 0 Å². The number of hydrogen-bond acceptors (Lipinski definition) is 2. The summed E-state index contributed by atoms with van der Waals surface area (Å²) >= 11 is 0. The number of benzene rings is 1. The van der Waals surface area contributed by atoms with Crippen molar-refractivity contribution in [3.63, 3.8) is 0 Å². The van der Waals surface area contributed by atoms with Gasteiger partial charge in [-0.05, 0) is 44.4 Å². The molecule has 1 aliphatic rings. The summed E-state index contributed by atoms with van der Waals surface area (Å²) in [6.45, 7) is 2.28. The normalized spacial score (nSPS) is 28.9. The van der Waals surface area contributed by atoms with Gasteiger partial charge in [-0.3, -0.25) is 0 Å². The third kappa shape index (κ3) is 3.22. The molecule has 0 aliphatic heterocycles. The van der Waals surface area contributed by atoms with Crippen molar-refractivity contribution in [2.75, 3.05) is 7.05 Å². The first kappa shape index (κ1) is 12.4. The van der Waals surface area contributed by atoms with Crippen molar-refractivity contribution < 1.29 is 4.74 Å². The fourth-order valence-electron chi connectivity index (χ4n) is 2.72. The summed E-state index contributed by atoms with van der Waals surface area (Å²) in [5, 5.41) is 3.39. The zero-order valence-electron chi connectivity index (χ0n) is 10.9. The number of nitrogens with one attached hydrogen (secondary N) is 1. The summed E-state index contributed by atoms with van der Waals surface area (Å²) in [4.78, 5) is 0. The Bertz CT molecular complexity index is 325. The van der Waals surface area contributed by atoms with Gasteiger partial charge in [0.05, 0.1) is 0 Å². The number of para-hydroxylation sites is 1. The van der Waals surface area contributed by atoms with Crippen molar-refractivity contribution in [1.29, 1.82) is 0 Å². The lowest BCUT2D eigenvalue weighted by Gasteiger charge is -2.35. The Morgan fingerprint density at radius 3 is 2.65 bits per heavy atom. The van der Waals surface area contributed by atoms with Crippen LogP contribution in [0.1, 0.15) is 32.6 Å². The molecule has 1 N–H and O–H groups in total. The van der Waals surface area contributed by atoms with Crippen molar-refractivity contribution >= 4 is 0 Å². The Kier molecular flexibility index (Phi) is 4.43. The SMILES string of the molecule is CCC1CCC(NC)C(Oc2ccccc2)C1. The van der Waals surface area contributed by atoms with Crippen LogP contribution in [0.5, 0.6) is 5.75 Å². The van der Waals surface area contributed by atoms with Crippen molar-refractivity contribution in [3.05, 3.63) is 30.3 Å². The highest BCUT2D eigenvalue weighted by molar-refractivity contribution is 5.21. The van der Waals surface area contributed by atoms with E-state index in [9.17, 15) is 0 Å². The van der Waals surface area contributed by atoms with E-state index in [1.807, 2.05) is 37.4 Å². The van der Waals surface area contributed by atoms with E-state index in [0.717, 1.165) is 11.7 Å². The maximum absolute atomic E-state index is 6.13. The van der Waals surface area contributed by atoms with Crippen LogP contribution >= 0.6 is 0 Å². The molecule has 2 rings (SSSR count). The van der Waals surface area contributed by atoms with Gasteiger partial charge in [-0.1, -0.05) is 31.5 Å². The summed E-state index contributed by atoms with van der Waals surface area (Å²) in [6, 6.07) is 10.7. The topological polar surface area (TPSA) is 21.3 Å². The molecule has 0 saturated heterocycles. The lowest BCUT2D eigenvalue weighted by molar-refractivity contribution is 0.0883. The molecule has 0 spiro atoms. The van der Waals surface area contributed by atoms with Crippen LogP contribution in [-0.4, -0.2) is 19.2 Å². The summed E-state index contributed by atoms with van der Waals surface area (Å²) < 4.78 is 6.13. The molecule has 94 valence electrons. The van der Waals surface area contributed by atoms with E-state index in [4.69, 9.17) is 4.74 Å². The van der Waals surface area contributed by atoms with Crippen LogP contribution < -0.4 is 10.1 Å². The van der Waals surface area contributed by atoms with Crippen LogP contribution in [0.4, 0.5) is 0 Å². The second kappa shape index (κ2) is 6.06. The molecule has 2 nitrogen and oxygen atoms in total. The highest BCUT2D eigenvalue weighted by atomic mass is 16.5. The Morgan fingerprint density at radius 1 is 1.24 bits per heavy atom. The fraction of sp³-hybridized carbons (Fsp3) is 0.600. The van der Waals surface area contributed by atoms with Crippen LogP contribution in [0.25, 0.3) is 0 Å². The van der Waals surface area contributed by atoms with Gasteiger partial charge < -0.3 is 10.1 Å². The first-order chi connectivity index (χ1) is 8.33. The number of rotatable bonds is 4. The van der Waals surface area contributed by atoms with Crippen LogP contribution in [0.2, 0.25) is 0 Å². The molecule has 0 heterocycles. The minimum Gasteiger partial charge on any atom is -0.489 e. The van der Waals surface area contributed by atoms with E-state index in [2.05, 4.69) is 12.2 Å². The molecule has 1 aromatic rings. The molecule has 3 atom stereocenters. The second-order valence-electron chi connectivity index (χ2n) is 4.95. The predicted molar refractivity (Wildman–Crippen MR) is 71.3 cm³/mol. The van der Waals surface area contributed by atoms with E-state index in [1.165, 1.54) is 25.7 Å². The second-order valence-corrected chi connectivity index (χ2v) is 4.95. The first-order valence-electron chi connectivity index (χ1n) is 6.72. The van der Waals surface area contributed by atoms with Gasteiger partial charge in [0.15, 0.2) is 0 Å². The molecule has 1 aliphatic carbocycles. The van der Waals surface area contributed by atoms with Gasteiger partial charge in [0.1, 0.15) is 11.9 Å². The summed E-state index contributed by atoms with van der Waals surface area (Å²) in [5.74, 6) is 1.82. The molecule has 1 aromatic carbocycles. The molecule has 1 saturated carbocycles. The van der Waals surface area contributed by atoms with Crippen molar-refractivity contribution in [2.45, 2.75) is 44.8 Å². The first-order valence-corrected chi connectivity index (χ1v) is 6.72. The Morgan fingerprint density at radius 2 is 2.00 bits per heavy atom. The van der Waals surface area contributed by atoms with Crippen LogP contribution in [0, 0.1) is 5.92 Å². The van der Waals surface area contributed by atoms with E-state index in [0.29, 0.717) is 12.1 Å². The van der Waals surface area contributed by atoms with Gasteiger partial charge in [0.25, 0.3) is 0 Å². The highest BCUT2D eigenvalue weighted by Crippen LogP contribution is 2.29. The van der Waals surface area contributed by atoms with E-state index >= 15 is 0 Å². The fourth-order valence-corrected chi connectivity index (χ4v) is 2.72. The van der Waals surface area contributed by atoms with E-state index in [-0.39, 0.29) is 0 Å². The number of ether oxygens (including phenoxy) is 1. The molecule has 3 unspecified atom stereocenters. The molecular weight excluding hydrogens is 210 g/mol. The molecule has 1 fully saturated rings. The maximum Gasteiger partial charge on any atom is 0.119 e. The van der Waals surface area contributed by atoms with Crippen molar-refractivity contribution in [2.24, 2.45) is 5.92 Å². The van der Waals surface area contributed by atoms with Crippen LogP contribution in [-0.2, 0) is 0 Å². The lowest BCUT2D eigenvalue weighted by Crippen LogP contribution is -2.45. The third-order valence-electron chi connectivity index (χ3n) is 3.88. The summed E-state index contributed by atoms with van der Waals surface area (Å²) in [5.41, 5.74) is 0. The molecule has 0 bridgehead atoms. The highest BCUT2D eigenvalue weighted by Gasteiger charge is 2.30. The molecule has 0 radical (unpaired) electrons. The largest absolute Gasteiger partial charge is 0.489 e. The number of hydrogen-bond donors (Lipinski definition) is 1. The summed E-state index contributed by atoms with van der Waals surface area (Å²) in [7, 11) is 2.04. The Labute approximate surface area is 104 Å². The monoisotopic (exact) mass is 233 g/mol. The third-order valence-corrected chi connectivity index (χ3v) is 3.88. The van der Waals surface area contributed by atoms with Gasteiger partial charge in [0, 0.05) is 6.04 Å². The van der Waals surface area contributed by atoms with Gasteiger partial charge >= 0.3 is 0 Å². The zero-order valence-corrected chi connectivity index (χ0v) is 10.9. The minimum absolute atomic E-state index is 0.320. The zero-order chi connectivity index (χ0) is 12.1. The molecule has 17 heavy (non-hydrogen) atoms. The average molecular weight is 233 g/mol. The summed E-state index contributed by atoms with van der Waals surface area (Å²) in [6.07, 6.45) is 5.33. The maximum atomic E-state index is 6.13. The van der Waals surface area contributed by atoms with E-state index < -0.39 is 0 Å². The number of likely N-dealkylation sites (N-methyl/N-ethyl adjacent to an activating group) is 1. The lowest BCUT2D eigenvalue weighted by atomic mass is 9.82. The standard InChI is InChI=1S/C15H23NO/c1-3-12-9-10-14(16-2)15(11-12)17-13-7-5-4-6-8-13/h4-8,12,14-16H,3,9-11H2,1-2H3. The Hall–Kier alpha value is -1.02. The average Bonchev–Trinajstić information content (AvgIpc) is 2.40. The molecule has 0 aromatic heterocycles. The van der Waals surface area contributed by atoms with Gasteiger partial charge in [-0.25, -0.2) is 0 Å². The van der Waals surface area contributed by atoms with E-state index in [1.54, 1.807) is 0 Å². The smallest absolute Gasteiger partial charge is 0.119 e. The minimum atomic E-state index is 0.320. The van der Waals surface area contributed by atoms with Crippen LogP contribution in [0.15, 0.2) is 30.3 Å².